The summed E-state index contributed by atoms with van der Waals surface area (Å²) in [5.41, 5.74) is 3.15. The number of halogens is 1. The Bertz CT molecular complexity index is 779. The Labute approximate surface area is 159 Å². The van der Waals surface area contributed by atoms with E-state index < -0.39 is 0 Å². The molecule has 1 aliphatic rings. The molecule has 0 saturated carbocycles. The van der Waals surface area contributed by atoms with Crippen molar-refractivity contribution < 1.29 is 14.0 Å². The lowest BCUT2D eigenvalue weighted by molar-refractivity contribution is -0.139. The molecule has 2 aromatic carbocycles. The third kappa shape index (κ3) is 5.39. The number of piperazine rings is 1. The number of hydrogen-bond donors (Lipinski definition) is 0. The van der Waals surface area contributed by atoms with Crippen molar-refractivity contribution in [3.8, 4) is 0 Å². The van der Waals surface area contributed by atoms with Gasteiger partial charge < -0.3 is 9.80 Å². The number of amides is 2. The molecule has 142 valence electrons. The van der Waals surface area contributed by atoms with E-state index in [2.05, 4.69) is 0 Å². The van der Waals surface area contributed by atoms with Crippen LogP contribution in [0.5, 0.6) is 0 Å². The van der Waals surface area contributed by atoms with Gasteiger partial charge in [0.05, 0.1) is 6.42 Å². The Kier molecular flexibility index (Phi) is 6.22. The van der Waals surface area contributed by atoms with Crippen molar-refractivity contribution >= 4 is 11.8 Å². The standard InChI is InChI=1S/C22H25FN2O2/c1-17-2-4-19(5-3-17)16-22(27)25-14-12-24(13-15-25)21(26)11-8-18-6-9-20(23)10-7-18/h2-7,9-10H,8,11-16H2,1H3. The summed E-state index contributed by atoms with van der Waals surface area (Å²) in [7, 11) is 0. The first-order valence-electron chi connectivity index (χ1n) is 9.37. The highest BCUT2D eigenvalue weighted by atomic mass is 19.1. The number of carbonyl (C=O) groups excluding carboxylic acids is 2. The summed E-state index contributed by atoms with van der Waals surface area (Å²) in [4.78, 5) is 28.5. The summed E-state index contributed by atoms with van der Waals surface area (Å²) in [5, 5.41) is 0. The van der Waals surface area contributed by atoms with Crippen LogP contribution in [0.2, 0.25) is 0 Å². The molecule has 5 heteroatoms. The number of carbonyl (C=O) groups is 2. The van der Waals surface area contributed by atoms with Crippen LogP contribution < -0.4 is 0 Å². The highest BCUT2D eigenvalue weighted by Gasteiger charge is 2.23. The first kappa shape index (κ1) is 19.1. The lowest BCUT2D eigenvalue weighted by Gasteiger charge is -2.35. The molecule has 0 radical (unpaired) electrons. The van der Waals surface area contributed by atoms with Gasteiger partial charge in [0.1, 0.15) is 5.82 Å². The lowest BCUT2D eigenvalue weighted by atomic mass is 10.1. The van der Waals surface area contributed by atoms with E-state index in [4.69, 9.17) is 0 Å². The summed E-state index contributed by atoms with van der Waals surface area (Å²) in [5.74, 6) is -0.0706. The average molecular weight is 368 g/mol. The SMILES string of the molecule is Cc1ccc(CC(=O)N2CCN(C(=O)CCc3ccc(F)cc3)CC2)cc1. The van der Waals surface area contributed by atoms with Crippen LogP contribution >= 0.6 is 0 Å². The minimum atomic E-state index is -0.267. The van der Waals surface area contributed by atoms with Gasteiger partial charge in [-0.25, -0.2) is 4.39 Å². The summed E-state index contributed by atoms with van der Waals surface area (Å²) >= 11 is 0. The Morgan fingerprint density at radius 3 is 1.93 bits per heavy atom. The van der Waals surface area contributed by atoms with Crippen LogP contribution in [0, 0.1) is 12.7 Å². The van der Waals surface area contributed by atoms with Crippen molar-refractivity contribution in [2.45, 2.75) is 26.2 Å². The zero-order chi connectivity index (χ0) is 19.2. The molecule has 4 nitrogen and oxygen atoms in total. The van der Waals surface area contributed by atoms with Crippen molar-refractivity contribution in [1.82, 2.24) is 9.80 Å². The molecule has 1 heterocycles. The van der Waals surface area contributed by atoms with Gasteiger partial charge in [0.2, 0.25) is 11.8 Å². The fourth-order valence-electron chi connectivity index (χ4n) is 3.26. The summed E-state index contributed by atoms with van der Waals surface area (Å²) in [6.45, 7) is 4.32. The van der Waals surface area contributed by atoms with Crippen molar-refractivity contribution in [2.75, 3.05) is 26.2 Å². The predicted molar refractivity (Wildman–Crippen MR) is 103 cm³/mol. The van der Waals surface area contributed by atoms with Crippen LogP contribution in [-0.4, -0.2) is 47.8 Å². The largest absolute Gasteiger partial charge is 0.339 e. The van der Waals surface area contributed by atoms with E-state index in [0.29, 0.717) is 45.4 Å². The number of benzene rings is 2. The van der Waals surface area contributed by atoms with Crippen molar-refractivity contribution in [3.63, 3.8) is 0 Å². The molecule has 0 atom stereocenters. The number of nitrogens with zero attached hydrogens (tertiary/aromatic N) is 2. The van der Waals surface area contributed by atoms with Gasteiger partial charge in [-0.1, -0.05) is 42.0 Å². The van der Waals surface area contributed by atoms with Crippen LogP contribution in [0.3, 0.4) is 0 Å². The van der Waals surface area contributed by atoms with Gasteiger partial charge in [-0.3, -0.25) is 9.59 Å². The molecule has 2 aromatic rings. The van der Waals surface area contributed by atoms with Crippen molar-refractivity contribution in [3.05, 3.63) is 71.0 Å². The highest BCUT2D eigenvalue weighted by molar-refractivity contribution is 5.80. The highest BCUT2D eigenvalue weighted by Crippen LogP contribution is 2.11. The lowest BCUT2D eigenvalue weighted by Crippen LogP contribution is -2.51. The van der Waals surface area contributed by atoms with E-state index in [0.717, 1.165) is 11.1 Å². The molecule has 0 N–H and O–H groups in total. The molecule has 0 unspecified atom stereocenters. The minimum Gasteiger partial charge on any atom is -0.339 e. The molecule has 2 amide bonds. The van der Waals surface area contributed by atoms with Gasteiger partial charge >= 0.3 is 0 Å². The predicted octanol–water partition coefficient (Wildman–Crippen LogP) is 2.98. The van der Waals surface area contributed by atoms with E-state index >= 15 is 0 Å². The molecule has 0 aliphatic carbocycles. The molecule has 0 spiro atoms. The number of aryl methyl sites for hydroxylation is 2. The van der Waals surface area contributed by atoms with E-state index in [9.17, 15) is 14.0 Å². The smallest absolute Gasteiger partial charge is 0.227 e. The minimum absolute atomic E-state index is 0.0879. The first-order valence-corrected chi connectivity index (χ1v) is 9.37. The molecule has 27 heavy (non-hydrogen) atoms. The second-order valence-corrected chi connectivity index (χ2v) is 7.05. The molecule has 3 rings (SSSR count). The van der Waals surface area contributed by atoms with E-state index in [1.54, 1.807) is 12.1 Å². The molecular weight excluding hydrogens is 343 g/mol. The maximum absolute atomic E-state index is 12.9. The third-order valence-electron chi connectivity index (χ3n) is 5.00. The van der Waals surface area contributed by atoms with E-state index in [1.807, 2.05) is 41.0 Å². The van der Waals surface area contributed by atoms with Gasteiger partial charge in [0, 0.05) is 32.6 Å². The maximum Gasteiger partial charge on any atom is 0.227 e. The Hall–Kier alpha value is -2.69. The molecule has 0 aromatic heterocycles. The zero-order valence-corrected chi connectivity index (χ0v) is 15.7. The fourth-order valence-corrected chi connectivity index (χ4v) is 3.26. The molecule has 0 bridgehead atoms. The number of rotatable bonds is 5. The molecule has 1 fully saturated rings. The second-order valence-electron chi connectivity index (χ2n) is 7.05. The third-order valence-corrected chi connectivity index (χ3v) is 5.00. The number of hydrogen-bond acceptors (Lipinski definition) is 2. The summed E-state index contributed by atoms with van der Waals surface area (Å²) < 4.78 is 12.9. The summed E-state index contributed by atoms with van der Waals surface area (Å²) in [6, 6.07) is 14.3. The molecule has 1 aliphatic heterocycles. The summed E-state index contributed by atoms with van der Waals surface area (Å²) in [6.07, 6.45) is 1.41. The fraction of sp³-hybridized carbons (Fsp3) is 0.364. The second kappa shape index (κ2) is 8.80. The van der Waals surface area contributed by atoms with E-state index in [1.165, 1.54) is 17.7 Å². The molecule has 1 saturated heterocycles. The van der Waals surface area contributed by atoms with Crippen molar-refractivity contribution in [2.24, 2.45) is 0 Å². The zero-order valence-electron chi connectivity index (χ0n) is 15.7. The van der Waals surface area contributed by atoms with Crippen molar-refractivity contribution in [1.29, 1.82) is 0 Å². The molecular formula is C22H25FN2O2. The Morgan fingerprint density at radius 1 is 0.815 bits per heavy atom. The van der Waals surface area contributed by atoms with Crippen LogP contribution in [-0.2, 0) is 22.4 Å². The van der Waals surface area contributed by atoms with Gasteiger partial charge in [0.15, 0.2) is 0 Å². The monoisotopic (exact) mass is 368 g/mol. The van der Waals surface area contributed by atoms with Gasteiger partial charge in [-0.05, 0) is 36.6 Å². The van der Waals surface area contributed by atoms with Crippen LogP contribution in [0.25, 0.3) is 0 Å². The Balaban J connectivity index is 1.43. The topological polar surface area (TPSA) is 40.6 Å². The van der Waals surface area contributed by atoms with Crippen LogP contribution in [0.15, 0.2) is 48.5 Å². The Morgan fingerprint density at radius 2 is 1.33 bits per heavy atom. The van der Waals surface area contributed by atoms with Crippen LogP contribution in [0.4, 0.5) is 4.39 Å². The normalized spacial score (nSPS) is 14.3. The maximum atomic E-state index is 12.9. The quantitative estimate of drug-likeness (QED) is 0.814. The van der Waals surface area contributed by atoms with Crippen LogP contribution in [0.1, 0.15) is 23.1 Å². The van der Waals surface area contributed by atoms with Gasteiger partial charge in [-0.2, -0.15) is 0 Å². The van der Waals surface area contributed by atoms with Gasteiger partial charge in [0.25, 0.3) is 0 Å². The average Bonchev–Trinajstić information content (AvgIpc) is 2.69. The first-order chi connectivity index (χ1) is 13.0. The van der Waals surface area contributed by atoms with Gasteiger partial charge in [-0.15, -0.1) is 0 Å². The van der Waals surface area contributed by atoms with E-state index in [-0.39, 0.29) is 17.6 Å².